The van der Waals surface area contributed by atoms with Crippen LogP contribution in [0.15, 0.2) is 77.7 Å². The summed E-state index contributed by atoms with van der Waals surface area (Å²) in [5.74, 6) is -0.0605. The fraction of sp³-hybridized carbons (Fsp3) is 0.0833. The van der Waals surface area contributed by atoms with Gasteiger partial charge in [0.25, 0.3) is 5.91 Å². The molecule has 11 heteroatoms. The number of nitrogens with one attached hydrogen (secondary N) is 3. The van der Waals surface area contributed by atoms with Gasteiger partial charge in [0.1, 0.15) is 0 Å². The van der Waals surface area contributed by atoms with Crippen LogP contribution in [0.3, 0.4) is 0 Å². The number of aromatic amines is 1. The highest BCUT2D eigenvalue weighted by molar-refractivity contribution is 7.89. The highest BCUT2D eigenvalue weighted by Gasteiger charge is 2.38. The molecule has 35 heavy (non-hydrogen) atoms. The third-order valence-corrected chi connectivity index (χ3v) is 6.67. The number of primary sulfonamides is 1. The molecule has 1 aliphatic rings. The Morgan fingerprint density at radius 2 is 1.77 bits per heavy atom. The van der Waals surface area contributed by atoms with Crippen LogP contribution < -0.4 is 21.7 Å². The van der Waals surface area contributed by atoms with Gasteiger partial charge in [-0.05, 0) is 48.9 Å². The van der Waals surface area contributed by atoms with E-state index in [0.717, 1.165) is 16.6 Å². The maximum atomic E-state index is 13.0. The standard InChI is InChI=1S/C24H22N6O4S/c1-24(13-20(30-34-24)15-8-11-18-19(12-15)29-23(25)28-18)22(31)27-16-9-6-14(7-10-16)17-4-2-3-5-21(17)35(26,32)33/h2-13,30H,1H3,(H,27,31)(H3,25,28,29)(H2,26,32,33). The average molecular weight is 491 g/mol. The summed E-state index contributed by atoms with van der Waals surface area (Å²) < 4.78 is 23.8. The number of anilines is 2. The van der Waals surface area contributed by atoms with Crippen LogP contribution in [-0.4, -0.2) is 29.9 Å². The molecular formula is C24H22N6O4S. The number of H-pyrrole nitrogens is 1. The van der Waals surface area contributed by atoms with Crippen molar-refractivity contribution in [2.75, 3.05) is 11.1 Å². The van der Waals surface area contributed by atoms with Crippen LogP contribution in [0.25, 0.3) is 27.9 Å². The summed E-state index contributed by atoms with van der Waals surface area (Å²) >= 11 is 0. The zero-order valence-electron chi connectivity index (χ0n) is 18.6. The Morgan fingerprint density at radius 3 is 2.51 bits per heavy atom. The number of nitrogen functional groups attached to an aromatic ring is 1. The average Bonchev–Trinajstić information content (AvgIpc) is 3.41. The summed E-state index contributed by atoms with van der Waals surface area (Å²) in [6.45, 7) is 1.64. The molecule has 4 aromatic rings. The molecule has 3 aromatic carbocycles. The zero-order valence-corrected chi connectivity index (χ0v) is 19.4. The minimum absolute atomic E-state index is 0.0309. The molecule has 1 unspecified atom stereocenters. The summed E-state index contributed by atoms with van der Waals surface area (Å²) in [5.41, 5.74) is 11.8. The fourth-order valence-corrected chi connectivity index (χ4v) is 4.65. The Balaban J connectivity index is 1.35. The van der Waals surface area contributed by atoms with E-state index in [1.807, 2.05) is 18.2 Å². The predicted octanol–water partition coefficient (Wildman–Crippen LogP) is 2.73. The SMILES string of the molecule is CC1(C(=O)Nc2ccc(-c3ccccc3S(N)(=O)=O)cc2)C=C(c2ccc3nc(N)[nH]c3c2)NO1. The second kappa shape index (κ2) is 8.24. The van der Waals surface area contributed by atoms with Crippen LogP contribution in [0, 0.1) is 0 Å². The number of nitrogens with zero attached hydrogens (tertiary/aromatic N) is 1. The van der Waals surface area contributed by atoms with Gasteiger partial charge >= 0.3 is 0 Å². The van der Waals surface area contributed by atoms with Gasteiger partial charge in [-0.1, -0.05) is 36.4 Å². The number of amides is 1. The van der Waals surface area contributed by atoms with E-state index < -0.39 is 15.6 Å². The number of aromatic nitrogens is 2. The molecule has 0 saturated carbocycles. The number of benzene rings is 3. The van der Waals surface area contributed by atoms with Gasteiger partial charge in [-0.25, -0.2) is 18.5 Å². The van der Waals surface area contributed by atoms with Crippen molar-refractivity contribution in [2.45, 2.75) is 17.4 Å². The summed E-state index contributed by atoms with van der Waals surface area (Å²) in [6, 6.07) is 18.8. The monoisotopic (exact) mass is 490 g/mol. The minimum Gasteiger partial charge on any atom is -0.369 e. The lowest BCUT2D eigenvalue weighted by molar-refractivity contribution is -0.135. The fourth-order valence-electron chi connectivity index (χ4n) is 3.89. The number of nitrogens with two attached hydrogens (primary N) is 2. The van der Waals surface area contributed by atoms with Crippen LogP contribution in [0.4, 0.5) is 11.6 Å². The van der Waals surface area contributed by atoms with Crippen molar-refractivity contribution in [3.63, 3.8) is 0 Å². The molecule has 1 aromatic heterocycles. The molecular weight excluding hydrogens is 468 g/mol. The van der Waals surface area contributed by atoms with Crippen molar-refractivity contribution in [2.24, 2.45) is 5.14 Å². The third-order valence-electron chi connectivity index (χ3n) is 5.70. The number of fused-ring (bicyclic) bond motifs is 1. The molecule has 1 aliphatic heterocycles. The Hall–Kier alpha value is -4.19. The maximum absolute atomic E-state index is 13.0. The largest absolute Gasteiger partial charge is 0.369 e. The number of hydrogen-bond donors (Lipinski definition) is 5. The maximum Gasteiger partial charge on any atom is 0.263 e. The molecule has 0 saturated heterocycles. The molecule has 1 atom stereocenters. The molecule has 0 bridgehead atoms. The predicted molar refractivity (Wildman–Crippen MR) is 133 cm³/mol. The molecule has 0 spiro atoms. The molecule has 0 fully saturated rings. The first-order valence-electron chi connectivity index (χ1n) is 10.6. The van der Waals surface area contributed by atoms with Crippen molar-refractivity contribution in [1.29, 1.82) is 0 Å². The Bertz CT molecular complexity index is 1590. The van der Waals surface area contributed by atoms with E-state index in [-0.39, 0.29) is 10.8 Å². The van der Waals surface area contributed by atoms with E-state index in [1.54, 1.807) is 55.5 Å². The van der Waals surface area contributed by atoms with E-state index in [1.165, 1.54) is 6.07 Å². The second-order valence-corrected chi connectivity index (χ2v) is 9.83. The van der Waals surface area contributed by atoms with Crippen LogP contribution in [-0.2, 0) is 19.7 Å². The number of imidazole rings is 1. The Kier molecular flexibility index (Phi) is 5.32. The van der Waals surface area contributed by atoms with Gasteiger partial charge in [0, 0.05) is 16.8 Å². The lowest BCUT2D eigenvalue weighted by atomic mass is 10.0. The minimum atomic E-state index is -3.88. The first kappa shape index (κ1) is 22.6. The van der Waals surface area contributed by atoms with Gasteiger partial charge in [-0.15, -0.1) is 0 Å². The van der Waals surface area contributed by atoms with Crippen LogP contribution in [0.1, 0.15) is 12.5 Å². The van der Waals surface area contributed by atoms with E-state index in [9.17, 15) is 13.2 Å². The zero-order chi connectivity index (χ0) is 24.8. The third kappa shape index (κ3) is 4.35. The van der Waals surface area contributed by atoms with Crippen molar-refractivity contribution in [3.8, 4) is 11.1 Å². The highest BCUT2D eigenvalue weighted by Crippen LogP contribution is 2.30. The number of sulfonamides is 1. The van der Waals surface area contributed by atoms with E-state index in [4.69, 9.17) is 15.7 Å². The molecule has 5 rings (SSSR count). The second-order valence-electron chi connectivity index (χ2n) is 8.30. The summed E-state index contributed by atoms with van der Waals surface area (Å²) in [7, 11) is -3.88. The summed E-state index contributed by atoms with van der Waals surface area (Å²) in [6.07, 6.45) is 1.69. The van der Waals surface area contributed by atoms with E-state index >= 15 is 0 Å². The van der Waals surface area contributed by atoms with Crippen molar-refractivity contribution in [1.82, 2.24) is 15.4 Å². The quantitative estimate of drug-likeness (QED) is 0.287. The molecule has 1 amide bonds. The van der Waals surface area contributed by atoms with Crippen LogP contribution >= 0.6 is 0 Å². The van der Waals surface area contributed by atoms with E-state index in [2.05, 4.69) is 20.8 Å². The van der Waals surface area contributed by atoms with Gasteiger partial charge in [-0.2, -0.15) is 0 Å². The normalized spacial score (nSPS) is 17.7. The van der Waals surface area contributed by atoms with Gasteiger partial charge in [0.2, 0.25) is 10.0 Å². The van der Waals surface area contributed by atoms with Crippen molar-refractivity contribution < 1.29 is 18.0 Å². The van der Waals surface area contributed by atoms with Crippen LogP contribution in [0.2, 0.25) is 0 Å². The molecule has 178 valence electrons. The number of hydroxylamine groups is 1. The Morgan fingerprint density at radius 1 is 1.06 bits per heavy atom. The molecule has 2 heterocycles. The summed E-state index contributed by atoms with van der Waals surface area (Å²) in [5, 5.41) is 8.16. The number of carbonyl (C=O) groups is 1. The summed E-state index contributed by atoms with van der Waals surface area (Å²) in [4.78, 5) is 25.8. The smallest absolute Gasteiger partial charge is 0.263 e. The Labute approximate surface area is 201 Å². The van der Waals surface area contributed by atoms with Crippen molar-refractivity contribution in [3.05, 3.63) is 78.4 Å². The highest BCUT2D eigenvalue weighted by atomic mass is 32.2. The molecule has 0 radical (unpaired) electrons. The molecule has 10 nitrogen and oxygen atoms in total. The number of carbonyl (C=O) groups excluding carboxylic acids is 1. The molecule has 0 aliphatic carbocycles. The molecule has 7 N–H and O–H groups in total. The number of hydrogen-bond acceptors (Lipinski definition) is 7. The lowest BCUT2D eigenvalue weighted by Crippen LogP contribution is -2.40. The first-order chi connectivity index (χ1) is 16.6. The van der Waals surface area contributed by atoms with Gasteiger partial charge in [0.05, 0.1) is 21.6 Å². The lowest BCUT2D eigenvalue weighted by Gasteiger charge is -2.19. The van der Waals surface area contributed by atoms with Gasteiger partial charge in [-0.3, -0.25) is 15.1 Å². The first-order valence-corrected chi connectivity index (χ1v) is 12.1. The topological polar surface area (TPSA) is 165 Å². The van der Waals surface area contributed by atoms with Gasteiger partial charge < -0.3 is 16.0 Å². The van der Waals surface area contributed by atoms with Crippen molar-refractivity contribution >= 4 is 44.3 Å². The number of rotatable bonds is 5. The van der Waals surface area contributed by atoms with Gasteiger partial charge in [0.15, 0.2) is 11.5 Å². The van der Waals surface area contributed by atoms with Crippen LogP contribution in [0.5, 0.6) is 0 Å². The van der Waals surface area contributed by atoms with E-state index in [0.29, 0.717) is 28.5 Å².